The lowest BCUT2D eigenvalue weighted by molar-refractivity contribution is -0.125. The van der Waals surface area contributed by atoms with Crippen molar-refractivity contribution in [2.75, 3.05) is 33.3 Å². The Hall–Kier alpha value is -3.00. The minimum atomic E-state index is -3.00. The van der Waals surface area contributed by atoms with Gasteiger partial charge in [0.05, 0.1) is 7.11 Å². The molecular formula is C23H25F3N2O3. The molecule has 3 rings (SSSR count). The summed E-state index contributed by atoms with van der Waals surface area (Å²) >= 11 is 0. The summed E-state index contributed by atoms with van der Waals surface area (Å²) in [6.07, 6.45) is 3.63. The summed E-state index contributed by atoms with van der Waals surface area (Å²) in [7, 11) is 1.36. The molecule has 0 N–H and O–H groups in total. The Morgan fingerprint density at radius 3 is 2.58 bits per heavy atom. The molecule has 0 atom stereocenters. The van der Waals surface area contributed by atoms with Gasteiger partial charge in [-0.1, -0.05) is 24.3 Å². The summed E-state index contributed by atoms with van der Waals surface area (Å²) in [6, 6.07) is 11.1. The van der Waals surface area contributed by atoms with E-state index in [1.807, 2.05) is 0 Å². The number of methoxy groups -OCH3 is 1. The van der Waals surface area contributed by atoms with Gasteiger partial charge in [0.15, 0.2) is 11.5 Å². The molecule has 0 radical (unpaired) electrons. The van der Waals surface area contributed by atoms with Crippen molar-refractivity contribution in [3.8, 4) is 11.5 Å². The molecule has 5 nitrogen and oxygen atoms in total. The first-order valence-corrected chi connectivity index (χ1v) is 10.0. The highest BCUT2D eigenvalue weighted by molar-refractivity contribution is 5.92. The second-order valence-electron chi connectivity index (χ2n) is 7.17. The Kier molecular flexibility index (Phi) is 7.94. The van der Waals surface area contributed by atoms with E-state index in [0.29, 0.717) is 31.7 Å². The maximum Gasteiger partial charge on any atom is 0.387 e. The molecule has 1 aliphatic heterocycles. The Bertz CT molecular complexity index is 903. The van der Waals surface area contributed by atoms with E-state index >= 15 is 0 Å². The molecule has 1 amide bonds. The SMILES string of the molecule is COc1cccc(/C=C/C(=O)N2CCCN(Cc3ccc(F)cc3)CC2)c1OC(F)F. The topological polar surface area (TPSA) is 42.0 Å². The van der Waals surface area contributed by atoms with Crippen LogP contribution in [0.3, 0.4) is 0 Å². The lowest BCUT2D eigenvalue weighted by Gasteiger charge is -2.21. The van der Waals surface area contributed by atoms with Gasteiger partial charge in [0.2, 0.25) is 5.91 Å². The number of halogens is 3. The fourth-order valence-corrected chi connectivity index (χ4v) is 3.50. The zero-order valence-corrected chi connectivity index (χ0v) is 17.3. The van der Waals surface area contributed by atoms with Gasteiger partial charge in [0.25, 0.3) is 0 Å². The molecular weight excluding hydrogens is 409 g/mol. The zero-order chi connectivity index (χ0) is 22.2. The van der Waals surface area contributed by atoms with Crippen LogP contribution in [0.2, 0.25) is 0 Å². The van der Waals surface area contributed by atoms with E-state index in [1.165, 1.54) is 37.5 Å². The molecule has 0 aliphatic carbocycles. The summed E-state index contributed by atoms with van der Waals surface area (Å²) in [4.78, 5) is 16.6. The van der Waals surface area contributed by atoms with Gasteiger partial charge in [-0.3, -0.25) is 9.69 Å². The fourth-order valence-electron chi connectivity index (χ4n) is 3.50. The number of hydrogen-bond donors (Lipinski definition) is 0. The van der Waals surface area contributed by atoms with Gasteiger partial charge in [-0.2, -0.15) is 8.78 Å². The normalized spacial score (nSPS) is 15.3. The number of carbonyl (C=O) groups is 1. The van der Waals surface area contributed by atoms with E-state index in [0.717, 1.165) is 18.5 Å². The maximum atomic E-state index is 13.1. The third kappa shape index (κ3) is 6.49. The van der Waals surface area contributed by atoms with Crippen molar-refractivity contribution in [3.05, 3.63) is 65.5 Å². The quantitative estimate of drug-likeness (QED) is 0.613. The molecule has 1 fully saturated rings. The van der Waals surface area contributed by atoms with E-state index in [-0.39, 0.29) is 23.2 Å². The van der Waals surface area contributed by atoms with Crippen molar-refractivity contribution in [2.45, 2.75) is 19.6 Å². The van der Waals surface area contributed by atoms with Gasteiger partial charge >= 0.3 is 6.61 Å². The highest BCUT2D eigenvalue weighted by Crippen LogP contribution is 2.33. The molecule has 1 saturated heterocycles. The second kappa shape index (κ2) is 10.9. The van der Waals surface area contributed by atoms with Crippen molar-refractivity contribution < 1.29 is 27.4 Å². The molecule has 0 aromatic heterocycles. The molecule has 1 aliphatic rings. The van der Waals surface area contributed by atoms with Gasteiger partial charge in [0.1, 0.15) is 5.82 Å². The first-order valence-electron chi connectivity index (χ1n) is 10.0. The van der Waals surface area contributed by atoms with Crippen molar-refractivity contribution in [2.24, 2.45) is 0 Å². The molecule has 166 valence electrons. The van der Waals surface area contributed by atoms with E-state index in [9.17, 15) is 18.0 Å². The van der Waals surface area contributed by atoms with Crippen LogP contribution in [0.15, 0.2) is 48.5 Å². The van der Waals surface area contributed by atoms with Crippen LogP contribution in [0.1, 0.15) is 17.5 Å². The number of ether oxygens (including phenoxy) is 2. The minimum Gasteiger partial charge on any atom is -0.493 e. The number of alkyl halides is 2. The molecule has 31 heavy (non-hydrogen) atoms. The standard InChI is InChI=1S/C23H25F3N2O3/c1-30-20-5-2-4-18(22(20)31-23(25)26)8-11-21(29)28-13-3-12-27(14-15-28)16-17-6-9-19(24)10-7-17/h2,4-11,23H,3,12-16H2,1H3/b11-8+. The average Bonchev–Trinajstić information content (AvgIpc) is 2.99. The van der Waals surface area contributed by atoms with Gasteiger partial charge in [-0.15, -0.1) is 0 Å². The summed E-state index contributed by atoms with van der Waals surface area (Å²) in [5.74, 6) is -0.401. The first-order chi connectivity index (χ1) is 15.0. The van der Waals surface area contributed by atoms with Crippen molar-refractivity contribution >= 4 is 12.0 Å². The highest BCUT2D eigenvalue weighted by atomic mass is 19.3. The number of rotatable bonds is 7. The van der Waals surface area contributed by atoms with Crippen LogP contribution in [0.4, 0.5) is 13.2 Å². The number of para-hydroxylation sites is 1. The van der Waals surface area contributed by atoms with Crippen molar-refractivity contribution in [3.63, 3.8) is 0 Å². The highest BCUT2D eigenvalue weighted by Gasteiger charge is 2.19. The van der Waals surface area contributed by atoms with Gasteiger partial charge in [0, 0.05) is 44.4 Å². The summed E-state index contributed by atoms with van der Waals surface area (Å²) in [5.41, 5.74) is 1.35. The molecule has 2 aromatic rings. The minimum absolute atomic E-state index is 0.106. The predicted octanol–water partition coefficient (Wildman–Crippen LogP) is 4.18. The second-order valence-corrected chi connectivity index (χ2v) is 7.17. The molecule has 0 saturated carbocycles. The Labute approximate surface area is 179 Å². The van der Waals surface area contributed by atoms with E-state index in [2.05, 4.69) is 9.64 Å². The summed E-state index contributed by atoms with van der Waals surface area (Å²) < 4.78 is 48.3. The zero-order valence-electron chi connectivity index (χ0n) is 17.3. The van der Waals surface area contributed by atoms with E-state index < -0.39 is 6.61 Å². The van der Waals surface area contributed by atoms with Crippen LogP contribution >= 0.6 is 0 Å². The Balaban J connectivity index is 1.62. The van der Waals surface area contributed by atoms with E-state index in [1.54, 1.807) is 29.2 Å². The number of benzene rings is 2. The average molecular weight is 434 g/mol. The van der Waals surface area contributed by atoms with Crippen LogP contribution in [-0.4, -0.2) is 55.6 Å². The number of hydrogen-bond acceptors (Lipinski definition) is 4. The van der Waals surface area contributed by atoms with Crippen LogP contribution in [-0.2, 0) is 11.3 Å². The Morgan fingerprint density at radius 2 is 1.87 bits per heavy atom. The molecule has 0 bridgehead atoms. The largest absolute Gasteiger partial charge is 0.493 e. The molecule has 0 unspecified atom stereocenters. The molecule has 0 spiro atoms. The third-order valence-corrected chi connectivity index (χ3v) is 5.06. The van der Waals surface area contributed by atoms with Gasteiger partial charge < -0.3 is 14.4 Å². The monoisotopic (exact) mass is 434 g/mol. The first kappa shape index (κ1) is 22.7. The number of amides is 1. The van der Waals surface area contributed by atoms with Gasteiger partial charge in [-0.05, 0) is 36.3 Å². The van der Waals surface area contributed by atoms with E-state index in [4.69, 9.17) is 4.74 Å². The fraction of sp³-hybridized carbons (Fsp3) is 0.348. The van der Waals surface area contributed by atoms with Gasteiger partial charge in [-0.25, -0.2) is 4.39 Å². The van der Waals surface area contributed by atoms with Crippen LogP contribution < -0.4 is 9.47 Å². The molecule has 2 aromatic carbocycles. The smallest absolute Gasteiger partial charge is 0.387 e. The van der Waals surface area contributed by atoms with Crippen molar-refractivity contribution in [1.29, 1.82) is 0 Å². The maximum absolute atomic E-state index is 13.1. The van der Waals surface area contributed by atoms with Crippen LogP contribution in [0, 0.1) is 5.82 Å². The van der Waals surface area contributed by atoms with Crippen LogP contribution in [0.5, 0.6) is 11.5 Å². The third-order valence-electron chi connectivity index (χ3n) is 5.06. The molecule has 8 heteroatoms. The number of carbonyl (C=O) groups excluding carboxylic acids is 1. The lowest BCUT2D eigenvalue weighted by atomic mass is 10.1. The summed E-state index contributed by atoms with van der Waals surface area (Å²) in [5, 5.41) is 0. The summed E-state index contributed by atoms with van der Waals surface area (Å²) in [6.45, 7) is 0.348. The Morgan fingerprint density at radius 1 is 1.10 bits per heavy atom. The predicted molar refractivity (Wildman–Crippen MR) is 112 cm³/mol. The van der Waals surface area contributed by atoms with Crippen LogP contribution in [0.25, 0.3) is 6.08 Å². The lowest BCUT2D eigenvalue weighted by Crippen LogP contribution is -2.34. The van der Waals surface area contributed by atoms with Crippen molar-refractivity contribution in [1.82, 2.24) is 9.80 Å². The number of nitrogens with zero attached hydrogens (tertiary/aromatic N) is 2. The molecule has 1 heterocycles.